The number of nitrogens with zero attached hydrogens (tertiary/aromatic N) is 3. The van der Waals surface area contributed by atoms with Gasteiger partial charge in [0, 0.05) is 32.5 Å². The summed E-state index contributed by atoms with van der Waals surface area (Å²) in [7, 11) is 0. The van der Waals surface area contributed by atoms with Crippen LogP contribution in [0.2, 0.25) is 0 Å². The van der Waals surface area contributed by atoms with Gasteiger partial charge in [0.15, 0.2) is 0 Å². The van der Waals surface area contributed by atoms with E-state index < -0.39 is 6.10 Å². The normalized spacial score (nSPS) is 11.8. The van der Waals surface area contributed by atoms with Crippen LogP contribution in [0.5, 0.6) is 0 Å². The van der Waals surface area contributed by atoms with Crippen molar-refractivity contribution in [2.24, 2.45) is 0 Å². The van der Waals surface area contributed by atoms with Crippen molar-refractivity contribution >= 4 is 0 Å². The van der Waals surface area contributed by atoms with Gasteiger partial charge in [-0.05, 0) is 17.7 Å². The van der Waals surface area contributed by atoms with Crippen LogP contribution in [0, 0.1) is 28.5 Å². The molecule has 1 atom stereocenters. The summed E-state index contributed by atoms with van der Waals surface area (Å²) in [5.74, 6) is -0.346. The molecule has 19 heavy (non-hydrogen) atoms. The zero-order chi connectivity index (χ0) is 14.1. The van der Waals surface area contributed by atoms with E-state index in [9.17, 15) is 9.50 Å². The summed E-state index contributed by atoms with van der Waals surface area (Å²) in [5.41, 5.74) is 0.625. The number of hydrogen-bond donors (Lipinski definition) is 1. The third-order valence-corrected chi connectivity index (χ3v) is 2.77. The maximum Gasteiger partial charge on any atom is 0.123 e. The van der Waals surface area contributed by atoms with E-state index in [0.29, 0.717) is 38.0 Å². The van der Waals surface area contributed by atoms with Gasteiger partial charge in [-0.2, -0.15) is 10.5 Å². The van der Waals surface area contributed by atoms with Gasteiger partial charge in [-0.3, -0.25) is 4.90 Å². The van der Waals surface area contributed by atoms with E-state index in [4.69, 9.17) is 10.5 Å². The molecule has 100 valence electrons. The number of hydrogen-bond acceptors (Lipinski definition) is 4. The van der Waals surface area contributed by atoms with Crippen LogP contribution in [0.15, 0.2) is 24.3 Å². The highest BCUT2D eigenvalue weighted by molar-refractivity contribution is 5.18. The molecule has 0 aromatic heterocycles. The third-order valence-electron chi connectivity index (χ3n) is 2.77. The lowest BCUT2D eigenvalue weighted by atomic mass is 10.1. The molecule has 0 amide bonds. The third kappa shape index (κ3) is 5.48. The van der Waals surface area contributed by atoms with Crippen LogP contribution in [-0.2, 0) is 0 Å². The Morgan fingerprint density at radius 2 is 1.63 bits per heavy atom. The zero-order valence-electron chi connectivity index (χ0n) is 10.6. The lowest BCUT2D eigenvalue weighted by Crippen LogP contribution is -2.30. The number of rotatable bonds is 7. The van der Waals surface area contributed by atoms with Crippen molar-refractivity contribution in [3.05, 3.63) is 35.6 Å². The van der Waals surface area contributed by atoms with Crippen LogP contribution in [0.4, 0.5) is 4.39 Å². The second-order valence-electron chi connectivity index (χ2n) is 4.18. The SMILES string of the molecule is N#CCCN(CCC#N)CC(O)c1ccc(F)cc1. The first-order valence-corrected chi connectivity index (χ1v) is 6.07. The molecule has 5 heteroatoms. The summed E-state index contributed by atoms with van der Waals surface area (Å²) < 4.78 is 12.8. The lowest BCUT2D eigenvalue weighted by Gasteiger charge is -2.23. The first-order chi connectivity index (χ1) is 9.17. The highest BCUT2D eigenvalue weighted by atomic mass is 19.1. The highest BCUT2D eigenvalue weighted by Crippen LogP contribution is 2.15. The number of benzene rings is 1. The van der Waals surface area contributed by atoms with Crippen LogP contribution >= 0.6 is 0 Å². The van der Waals surface area contributed by atoms with Crippen LogP contribution in [0.1, 0.15) is 24.5 Å². The Kier molecular flexibility index (Phi) is 6.52. The molecule has 4 nitrogen and oxygen atoms in total. The Labute approximate surface area is 112 Å². The average molecular weight is 261 g/mol. The fraction of sp³-hybridized carbons (Fsp3) is 0.429. The minimum atomic E-state index is -0.752. The molecule has 0 radical (unpaired) electrons. The lowest BCUT2D eigenvalue weighted by molar-refractivity contribution is 0.115. The van der Waals surface area contributed by atoms with Gasteiger partial charge in [-0.15, -0.1) is 0 Å². The molecular formula is C14H16FN3O. The molecule has 0 saturated heterocycles. The molecule has 1 N–H and O–H groups in total. The predicted octanol–water partition coefficient (Wildman–Crippen LogP) is 1.99. The van der Waals surface area contributed by atoms with Crippen LogP contribution in [-0.4, -0.2) is 29.6 Å². The molecule has 1 aromatic carbocycles. The summed E-state index contributed by atoms with van der Waals surface area (Å²) >= 11 is 0. The monoisotopic (exact) mass is 261 g/mol. The minimum Gasteiger partial charge on any atom is -0.387 e. The van der Waals surface area contributed by atoms with Crippen molar-refractivity contribution < 1.29 is 9.50 Å². The summed E-state index contributed by atoms with van der Waals surface area (Å²) in [6.45, 7) is 1.35. The Bertz CT molecular complexity index is 443. The van der Waals surface area contributed by atoms with Crippen molar-refractivity contribution in [1.82, 2.24) is 4.90 Å². The van der Waals surface area contributed by atoms with Gasteiger partial charge in [-0.25, -0.2) is 4.39 Å². The molecule has 0 saturated carbocycles. The van der Waals surface area contributed by atoms with Crippen molar-refractivity contribution in [3.63, 3.8) is 0 Å². The zero-order valence-corrected chi connectivity index (χ0v) is 10.6. The minimum absolute atomic E-state index is 0.328. The summed E-state index contributed by atoms with van der Waals surface area (Å²) in [5, 5.41) is 27.2. The van der Waals surface area contributed by atoms with Crippen molar-refractivity contribution in [2.45, 2.75) is 18.9 Å². The van der Waals surface area contributed by atoms with Gasteiger partial charge in [-0.1, -0.05) is 12.1 Å². The van der Waals surface area contributed by atoms with Crippen LogP contribution in [0.25, 0.3) is 0 Å². The summed E-state index contributed by atoms with van der Waals surface area (Å²) in [4.78, 5) is 1.86. The number of aliphatic hydroxyl groups is 1. The van der Waals surface area contributed by atoms with Crippen LogP contribution in [0.3, 0.4) is 0 Å². The Balaban J connectivity index is 2.59. The maximum absolute atomic E-state index is 12.8. The van der Waals surface area contributed by atoms with E-state index in [1.165, 1.54) is 24.3 Å². The largest absolute Gasteiger partial charge is 0.387 e. The molecular weight excluding hydrogens is 245 g/mol. The number of nitriles is 2. The second kappa shape index (κ2) is 8.20. The standard InChI is InChI=1S/C14H16FN3O/c15-13-5-3-12(4-6-13)14(19)11-18(9-1-7-16)10-2-8-17/h3-6,14,19H,1-2,9-11H2. The molecule has 0 heterocycles. The van der Waals surface area contributed by atoms with Gasteiger partial charge in [0.2, 0.25) is 0 Å². The van der Waals surface area contributed by atoms with Gasteiger partial charge < -0.3 is 5.11 Å². The van der Waals surface area contributed by atoms with E-state index in [2.05, 4.69) is 0 Å². The van der Waals surface area contributed by atoms with Gasteiger partial charge in [0.1, 0.15) is 5.82 Å². The first-order valence-electron chi connectivity index (χ1n) is 6.07. The van der Waals surface area contributed by atoms with E-state index >= 15 is 0 Å². The van der Waals surface area contributed by atoms with E-state index in [1.54, 1.807) is 0 Å². The van der Waals surface area contributed by atoms with Crippen molar-refractivity contribution in [2.75, 3.05) is 19.6 Å². The molecule has 1 unspecified atom stereocenters. The van der Waals surface area contributed by atoms with Crippen LogP contribution < -0.4 is 0 Å². The predicted molar refractivity (Wildman–Crippen MR) is 68.3 cm³/mol. The molecule has 0 aliphatic rings. The van der Waals surface area contributed by atoms with E-state index in [0.717, 1.165) is 0 Å². The van der Waals surface area contributed by atoms with Gasteiger partial charge in [0.05, 0.1) is 18.2 Å². The van der Waals surface area contributed by atoms with Gasteiger partial charge in [0.25, 0.3) is 0 Å². The molecule has 0 aliphatic carbocycles. The molecule has 0 fully saturated rings. The molecule has 1 aromatic rings. The van der Waals surface area contributed by atoms with Gasteiger partial charge >= 0.3 is 0 Å². The Hall–Kier alpha value is -1.95. The Morgan fingerprint density at radius 3 is 2.11 bits per heavy atom. The van der Waals surface area contributed by atoms with Crippen molar-refractivity contribution in [1.29, 1.82) is 10.5 Å². The van der Waals surface area contributed by atoms with E-state index in [1.807, 2.05) is 17.0 Å². The fourth-order valence-electron chi connectivity index (χ4n) is 1.75. The number of aliphatic hydroxyl groups excluding tert-OH is 1. The fourth-order valence-corrected chi connectivity index (χ4v) is 1.75. The highest BCUT2D eigenvalue weighted by Gasteiger charge is 2.13. The molecule has 0 bridgehead atoms. The summed E-state index contributed by atoms with van der Waals surface area (Å²) in [6.07, 6.45) is -0.0543. The average Bonchev–Trinajstić information content (AvgIpc) is 2.42. The second-order valence-corrected chi connectivity index (χ2v) is 4.18. The van der Waals surface area contributed by atoms with E-state index in [-0.39, 0.29) is 5.82 Å². The Morgan fingerprint density at radius 1 is 1.11 bits per heavy atom. The first kappa shape index (κ1) is 15.1. The number of halogens is 1. The van der Waals surface area contributed by atoms with Crippen molar-refractivity contribution in [3.8, 4) is 12.1 Å². The molecule has 0 spiro atoms. The molecule has 0 aliphatic heterocycles. The summed E-state index contributed by atoms with van der Waals surface area (Å²) in [6, 6.07) is 9.75. The molecule has 1 rings (SSSR count). The quantitative estimate of drug-likeness (QED) is 0.814. The topological polar surface area (TPSA) is 71.0 Å². The smallest absolute Gasteiger partial charge is 0.123 e. The maximum atomic E-state index is 12.8.